The molecule has 0 aliphatic heterocycles. The molecule has 2 aromatic carbocycles. The Morgan fingerprint density at radius 2 is 1.69 bits per heavy atom. The first-order chi connectivity index (χ1) is 15.3. The lowest BCUT2D eigenvalue weighted by atomic mass is 10.00. The summed E-state index contributed by atoms with van der Waals surface area (Å²) in [6, 6.07) is 16.4. The average Bonchev–Trinajstić information content (AvgIpc) is 3.28. The molecule has 2 aromatic rings. The molecule has 0 bridgehead atoms. The molecule has 3 rings (SSSR count). The molecule has 0 heterocycles. The first-order valence-electron chi connectivity index (χ1n) is 12.1. The monoisotopic (exact) mass is 434 g/mol. The molecule has 2 amide bonds. The van der Waals surface area contributed by atoms with Crippen molar-refractivity contribution >= 4 is 11.8 Å². The van der Waals surface area contributed by atoms with E-state index in [1.165, 1.54) is 18.4 Å². The van der Waals surface area contributed by atoms with E-state index in [1.54, 1.807) is 4.90 Å². The van der Waals surface area contributed by atoms with E-state index in [2.05, 4.69) is 49.5 Å². The van der Waals surface area contributed by atoms with E-state index in [9.17, 15) is 9.59 Å². The number of carbonyl (C=O) groups excluding carboxylic acids is 2. The van der Waals surface area contributed by atoms with E-state index >= 15 is 0 Å². The van der Waals surface area contributed by atoms with Crippen molar-refractivity contribution in [2.24, 2.45) is 0 Å². The molecule has 1 saturated carbocycles. The maximum atomic E-state index is 13.3. The molecule has 1 atom stereocenters. The molecule has 0 spiro atoms. The largest absolute Gasteiger partial charge is 0.352 e. The summed E-state index contributed by atoms with van der Waals surface area (Å²) in [7, 11) is 0. The van der Waals surface area contributed by atoms with Crippen LogP contribution in [0.2, 0.25) is 0 Å². The van der Waals surface area contributed by atoms with Crippen LogP contribution in [0.3, 0.4) is 0 Å². The number of amides is 2. The zero-order valence-corrected chi connectivity index (χ0v) is 20.1. The number of aryl methyl sites for hydroxylation is 2. The van der Waals surface area contributed by atoms with Crippen molar-refractivity contribution in [1.29, 1.82) is 0 Å². The van der Waals surface area contributed by atoms with Gasteiger partial charge in [0.05, 0.1) is 0 Å². The quantitative estimate of drug-likeness (QED) is 0.564. The molecule has 4 nitrogen and oxygen atoms in total. The lowest BCUT2D eigenvalue weighted by molar-refractivity contribution is -0.140. The van der Waals surface area contributed by atoms with Crippen LogP contribution >= 0.6 is 0 Å². The Morgan fingerprint density at radius 3 is 2.31 bits per heavy atom. The van der Waals surface area contributed by atoms with Crippen LogP contribution in [0.15, 0.2) is 48.5 Å². The number of hydrogen-bond acceptors (Lipinski definition) is 2. The summed E-state index contributed by atoms with van der Waals surface area (Å²) in [6.45, 7) is 8.72. The Bertz CT molecular complexity index is 898. The van der Waals surface area contributed by atoms with Crippen molar-refractivity contribution in [2.45, 2.75) is 90.8 Å². The fourth-order valence-corrected chi connectivity index (χ4v) is 4.45. The number of nitrogens with zero attached hydrogens (tertiary/aromatic N) is 1. The van der Waals surface area contributed by atoms with Gasteiger partial charge in [0.2, 0.25) is 11.8 Å². The molecule has 0 radical (unpaired) electrons. The van der Waals surface area contributed by atoms with Gasteiger partial charge in [-0.1, -0.05) is 80.8 Å². The van der Waals surface area contributed by atoms with Gasteiger partial charge in [-0.05, 0) is 55.7 Å². The number of rotatable bonds is 9. The minimum absolute atomic E-state index is 0.0218. The molecule has 0 aromatic heterocycles. The Balaban J connectivity index is 1.69. The van der Waals surface area contributed by atoms with Crippen molar-refractivity contribution in [3.8, 4) is 0 Å². The third-order valence-electron chi connectivity index (χ3n) is 6.58. The SMILES string of the molecule is Cc1cccc(CN(C(=O)CCc2ccc(C(C)C)cc2)[C@@H](C)C(=O)NC2CCCC2)c1. The van der Waals surface area contributed by atoms with Gasteiger partial charge in [0.15, 0.2) is 0 Å². The minimum Gasteiger partial charge on any atom is -0.352 e. The van der Waals surface area contributed by atoms with Gasteiger partial charge in [-0.25, -0.2) is 0 Å². The molecule has 1 fully saturated rings. The van der Waals surface area contributed by atoms with Crippen molar-refractivity contribution in [1.82, 2.24) is 10.2 Å². The highest BCUT2D eigenvalue weighted by molar-refractivity contribution is 5.87. The van der Waals surface area contributed by atoms with Gasteiger partial charge < -0.3 is 10.2 Å². The van der Waals surface area contributed by atoms with Crippen molar-refractivity contribution < 1.29 is 9.59 Å². The summed E-state index contributed by atoms with van der Waals surface area (Å²) < 4.78 is 0. The Labute approximate surface area is 193 Å². The van der Waals surface area contributed by atoms with Gasteiger partial charge in [0, 0.05) is 19.0 Å². The second-order valence-corrected chi connectivity index (χ2v) is 9.57. The van der Waals surface area contributed by atoms with Crippen molar-refractivity contribution in [3.63, 3.8) is 0 Å². The van der Waals surface area contributed by atoms with Crippen LogP contribution in [-0.4, -0.2) is 28.8 Å². The zero-order chi connectivity index (χ0) is 23.1. The van der Waals surface area contributed by atoms with Crippen LogP contribution < -0.4 is 5.32 Å². The topological polar surface area (TPSA) is 49.4 Å². The molecular weight excluding hydrogens is 396 g/mol. The Morgan fingerprint density at radius 1 is 1.00 bits per heavy atom. The van der Waals surface area contributed by atoms with Crippen LogP contribution in [0.5, 0.6) is 0 Å². The van der Waals surface area contributed by atoms with Gasteiger partial charge >= 0.3 is 0 Å². The second-order valence-electron chi connectivity index (χ2n) is 9.57. The highest BCUT2D eigenvalue weighted by atomic mass is 16.2. The van der Waals surface area contributed by atoms with E-state index in [0.29, 0.717) is 25.3 Å². The number of benzene rings is 2. The third-order valence-corrected chi connectivity index (χ3v) is 6.58. The summed E-state index contributed by atoms with van der Waals surface area (Å²) in [5.74, 6) is 0.474. The highest BCUT2D eigenvalue weighted by Crippen LogP contribution is 2.20. The molecule has 32 heavy (non-hydrogen) atoms. The van der Waals surface area contributed by atoms with E-state index in [4.69, 9.17) is 0 Å². The first kappa shape index (κ1) is 24.0. The van der Waals surface area contributed by atoms with Gasteiger partial charge in [0.1, 0.15) is 6.04 Å². The Hall–Kier alpha value is -2.62. The lowest BCUT2D eigenvalue weighted by Gasteiger charge is -2.30. The lowest BCUT2D eigenvalue weighted by Crippen LogP contribution is -2.49. The first-order valence-corrected chi connectivity index (χ1v) is 12.1. The average molecular weight is 435 g/mol. The van der Waals surface area contributed by atoms with Gasteiger partial charge in [0.25, 0.3) is 0 Å². The molecular formula is C28H38N2O2. The molecule has 4 heteroatoms. The molecule has 0 saturated heterocycles. The summed E-state index contributed by atoms with van der Waals surface area (Å²) in [6.07, 6.45) is 5.49. The van der Waals surface area contributed by atoms with Crippen LogP contribution in [0.1, 0.15) is 81.0 Å². The Kier molecular flexibility index (Phi) is 8.49. The van der Waals surface area contributed by atoms with Crippen LogP contribution in [0.4, 0.5) is 0 Å². The zero-order valence-electron chi connectivity index (χ0n) is 20.1. The summed E-state index contributed by atoms with van der Waals surface area (Å²) in [4.78, 5) is 28.0. The summed E-state index contributed by atoms with van der Waals surface area (Å²) in [5, 5.41) is 3.17. The van der Waals surface area contributed by atoms with Gasteiger partial charge in [-0.2, -0.15) is 0 Å². The van der Waals surface area contributed by atoms with Crippen molar-refractivity contribution in [3.05, 3.63) is 70.8 Å². The highest BCUT2D eigenvalue weighted by Gasteiger charge is 2.28. The number of nitrogens with one attached hydrogen (secondary N) is 1. The fraction of sp³-hybridized carbons (Fsp3) is 0.500. The van der Waals surface area contributed by atoms with E-state index < -0.39 is 6.04 Å². The number of carbonyl (C=O) groups is 2. The van der Waals surface area contributed by atoms with Crippen LogP contribution in [0.25, 0.3) is 0 Å². The van der Waals surface area contributed by atoms with Crippen LogP contribution in [-0.2, 0) is 22.6 Å². The van der Waals surface area contributed by atoms with Gasteiger partial charge in [-0.15, -0.1) is 0 Å². The predicted molar refractivity (Wildman–Crippen MR) is 130 cm³/mol. The minimum atomic E-state index is -0.494. The fourth-order valence-electron chi connectivity index (χ4n) is 4.45. The molecule has 0 unspecified atom stereocenters. The maximum Gasteiger partial charge on any atom is 0.242 e. The summed E-state index contributed by atoms with van der Waals surface area (Å²) >= 11 is 0. The second kappa shape index (κ2) is 11.3. The van der Waals surface area contributed by atoms with Gasteiger partial charge in [-0.3, -0.25) is 9.59 Å². The van der Waals surface area contributed by atoms with Crippen LogP contribution in [0, 0.1) is 6.92 Å². The van der Waals surface area contributed by atoms with E-state index in [0.717, 1.165) is 29.5 Å². The molecule has 172 valence electrons. The number of hydrogen-bond donors (Lipinski definition) is 1. The van der Waals surface area contributed by atoms with Crippen molar-refractivity contribution in [2.75, 3.05) is 0 Å². The molecule has 1 aliphatic rings. The smallest absolute Gasteiger partial charge is 0.242 e. The van der Waals surface area contributed by atoms with E-state index in [1.807, 2.05) is 32.0 Å². The standard InChI is InChI=1S/C28H38N2O2/c1-20(2)25-15-12-23(13-16-25)14-17-27(31)30(19-24-9-7-8-21(3)18-24)22(4)28(32)29-26-10-5-6-11-26/h7-9,12-13,15-16,18,20,22,26H,5-6,10-11,14,17,19H2,1-4H3,(H,29,32)/t22-/m0/s1. The third kappa shape index (κ3) is 6.69. The summed E-state index contributed by atoms with van der Waals surface area (Å²) in [5.41, 5.74) is 4.67. The molecule has 1 aliphatic carbocycles. The molecule has 1 N–H and O–H groups in total. The predicted octanol–water partition coefficient (Wildman–Crippen LogP) is 5.53. The normalized spacial score (nSPS) is 15.0. The van der Waals surface area contributed by atoms with E-state index in [-0.39, 0.29) is 17.9 Å². The maximum absolute atomic E-state index is 13.3.